The number of hydrogen-bond acceptors (Lipinski definition) is 17. The van der Waals surface area contributed by atoms with Crippen LogP contribution in [0.15, 0.2) is 89.8 Å². The maximum absolute atomic E-state index is 12.7. The fourth-order valence-corrected chi connectivity index (χ4v) is 8.77. The number of ether oxygens (including phenoxy) is 4. The van der Waals surface area contributed by atoms with Crippen molar-refractivity contribution in [3.63, 3.8) is 0 Å². The van der Waals surface area contributed by atoms with Crippen LogP contribution in [0.5, 0.6) is 0 Å². The molecule has 1 aromatic heterocycles. The molecule has 11 aliphatic heterocycles. The normalized spacial score (nSPS) is 35.8. The summed E-state index contributed by atoms with van der Waals surface area (Å²) in [6, 6.07) is 3.67. The van der Waals surface area contributed by atoms with Crippen LogP contribution < -0.4 is 11.5 Å². The molecule has 60 heavy (non-hydrogen) atoms. The smallest absolute Gasteiger partial charge is 0.320 e. The largest absolute Gasteiger partial charge is 0.473 e. The number of imide groups is 4. The SMILES string of the molecule is NCN.O=C1C2C3C=CC(O3)C2C(=O)N1CN1C(=O)C2C3C=CC(O3)C2C1=O.O=C1C=CC(=O)N1CN1C(=O)C=CC1=O.O=C1OC(=O)C2C3C=CC(O3)C12.[2HH].c1ccoc1. The van der Waals surface area contributed by atoms with E-state index >= 15 is 0 Å². The predicted octanol–water partition coefficient (Wildman–Crippen LogP) is -2.36. The van der Waals surface area contributed by atoms with Crippen LogP contribution in [0.1, 0.15) is 1.43 Å². The Morgan fingerprint density at radius 1 is 0.433 bits per heavy atom. The van der Waals surface area contributed by atoms with E-state index in [2.05, 4.69) is 20.6 Å². The summed E-state index contributed by atoms with van der Waals surface area (Å²) in [5.74, 6) is -7.24. The van der Waals surface area contributed by atoms with Crippen molar-refractivity contribution in [3.8, 4) is 0 Å². The van der Waals surface area contributed by atoms with Gasteiger partial charge in [0.1, 0.15) is 25.2 Å². The summed E-state index contributed by atoms with van der Waals surface area (Å²) in [7, 11) is 0. The van der Waals surface area contributed by atoms with Crippen molar-refractivity contribution in [1.29, 1.82) is 0 Å². The number of cyclic esters (lactones) is 2. The van der Waals surface area contributed by atoms with Crippen molar-refractivity contribution in [2.75, 3.05) is 20.0 Å². The quantitative estimate of drug-likeness (QED) is 0.106. The number of fused-ring (bicyclic) bond motifs is 15. The highest BCUT2D eigenvalue weighted by Crippen LogP contribution is 2.48. The lowest BCUT2D eigenvalue weighted by atomic mass is 9.85. The van der Waals surface area contributed by atoms with Crippen molar-refractivity contribution >= 4 is 59.2 Å². The summed E-state index contributed by atoms with van der Waals surface area (Å²) in [4.78, 5) is 121. The molecule has 0 aliphatic carbocycles. The van der Waals surface area contributed by atoms with Gasteiger partial charge in [0.25, 0.3) is 23.6 Å². The molecule has 21 nitrogen and oxygen atoms in total. The number of esters is 2. The standard InChI is InChI=1S/C17H14N2O6.C9H6N2O4.C8H6O4.C4H4O.CH6N2.H2/c20-14-10-6-1-2-7(24-6)11(10)15(21)18(14)5-19-16(22)12-8-3-4-9(25-8)13(12)17(19)23;12-6-1-2-7(13)10(6)5-11-8(14)3-4-9(11)15;9-7-5-3-1-2-4(11-3)6(5)8(10)12-7;1-2-4-5-3-1;2-1-3;/h1-4,6-13H,5H2;1-4H,5H2;1-6H;1-4H;1-3H2;1H/i;;;;;1+1. The summed E-state index contributed by atoms with van der Waals surface area (Å²) in [5, 5.41) is 0. The average molecular weight is 832 g/mol. The molecule has 6 saturated heterocycles. The van der Waals surface area contributed by atoms with E-state index in [0.717, 1.165) is 43.9 Å². The van der Waals surface area contributed by atoms with Gasteiger partial charge in [-0.3, -0.25) is 67.5 Å². The highest BCUT2D eigenvalue weighted by atomic mass is 16.6. The van der Waals surface area contributed by atoms with Crippen LogP contribution in [-0.2, 0) is 66.9 Å². The minimum atomic E-state index is -0.531. The molecule has 8 amide bonds. The van der Waals surface area contributed by atoms with Gasteiger partial charge < -0.3 is 34.8 Å². The number of hydrogen-bond donors (Lipinski definition) is 2. The van der Waals surface area contributed by atoms with Gasteiger partial charge in [-0.15, -0.1) is 0 Å². The molecule has 314 valence electrons. The molecule has 21 heteroatoms. The maximum Gasteiger partial charge on any atom is 0.320 e. The van der Waals surface area contributed by atoms with E-state index in [4.69, 9.17) is 14.2 Å². The highest BCUT2D eigenvalue weighted by molar-refractivity contribution is 6.16. The zero-order valence-electron chi connectivity index (χ0n) is 31.2. The molecule has 11 aliphatic rings. The van der Waals surface area contributed by atoms with Gasteiger partial charge in [-0.1, -0.05) is 36.5 Å². The molecule has 0 radical (unpaired) electrons. The first-order valence-electron chi connectivity index (χ1n) is 18.8. The fourth-order valence-electron chi connectivity index (χ4n) is 8.77. The molecule has 12 heterocycles. The Bertz CT molecular complexity index is 1970. The van der Waals surface area contributed by atoms with E-state index in [-0.39, 0.29) is 93.5 Å². The minimum absolute atomic E-state index is 0. The van der Waals surface area contributed by atoms with Crippen molar-refractivity contribution in [3.05, 3.63) is 85.4 Å². The number of rotatable bonds is 4. The lowest BCUT2D eigenvalue weighted by Crippen LogP contribution is -2.46. The third-order valence-electron chi connectivity index (χ3n) is 11.4. The molecule has 0 saturated carbocycles. The van der Waals surface area contributed by atoms with Gasteiger partial charge in [0.05, 0.1) is 72.8 Å². The highest BCUT2D eigenvalue weighted by Gasteiger charge is 2.64. The molecule has 4 N–H and O–H groups in total. The van der Waals surface area contributed by atoms with E-state index in [9.17, 15) is 47.9 Å². The second kappa shape index (κ2) is 15.9. The Kier molecular flexibility index (Phi) is 10.7. The van der Waals surface area contributed by atoms with E-state index in [0.29, 0.717) is 0 Å². The zero-order valence-corrected chi connectivity index (χ0v) is 31.2. The Hall–Kier alpha value is -6.52. The second-order valence-electron chi connectivity index (χ2n) is 14.6. The Morgan fingerprint density at radius 2 is 0.700 bits per heavy atom. The molecule has 6 fully saturated rings. The molecular formula is C39H38N6O15. The number of nitrogens with two attached hydrogens (primary N) is 2. The molecule has 12 rings (SSSR count). The summed E-state index contributed by atoms with van der Waals surface area (Å²) >= 11 is 0. The summed E-state index contributed by atoms with van der Waals surface area (Å²) in [5.41, 5.74) is 9.25. The van der Waals surface area contributed by atoms with Crippen LogP contribution in [-0.4, -0.2) is 135 Å². The van der Waals surface area contributed by atoms with Crippen molar-refractivity contribution in [1.82, 2.24) is 19.6 Å². The van der Waals surface area contributed by atoms with Crippen molar-refractivity contribution < 1.29 is 72.7 Å². The topological polar surface area (TPSA) is 286 Å². The Labute approximate surface area is 340 Å². The van der Waals surface area contributed by atoms with Crippen molar-refractivity contribution in [2.24, 2.45) is 47.0 Å². The molecule has 12 unspecified atom stereocenters. The minimum Gasteiger partial charge on any atom is -0.473 e. The molecule has 0 aromatic carbocycles. The summed E-state index contributed by atoms with van der Waals surface area (Å²) in [6.07, 6.45) is 16.5. The maximum atomic E-state index is 12.7. The third kappa shape index (κ3) is 6.74. The van der Waals surface area contributed by atoms with Crippen molar-refractivity contribution in [2.45, 2.75) is 36.6 Å². The lowest BCUT2D eigenvalue weighted by molar-refractivity contribution is -0.157. The van der Waals surface area contributed by atoms with Gasteiger partial charge in [-0.2, -0.15) is 0 Å². The molecular weight excluding hydrogens is 792 g/mol. The van der Waals surface area contributed by atoms with Crippen LogP contribution in [0, 0.1) is 35.5 Å². The molecule has 12 atom stereocenters. The average Bonchev–Trinajstić information content (AvgIpc) is 4.06. The van der Waals surface area contributed by atoms with Crippen LogP contribution in [0.2, 0.25) is 0 Å². The summed E-state index contributed by atoms with van der Waals surface area (Å²) < 4.78 is 25.6. The first kappa shape index (κ1) is 40.3. The van der Waals surface area contributed by atoms with Gasteiger partial charge in [0.2, 0.25) is 23.6 Å². The van der Waals surface area contributed by atoms with Crippen LogP contribution in [0.25, 0.3) is 0 Å². The number of carbonyl (C=O) groups is 10. The van der Waals surface area contributed by atoms with Gasteiger partial charge in [0, 0.05) is 32.4 Å². The fraction of sp³-hybridized carbons (Fsp3) is 0.385. The predicted molar refractivity (Wildman–Crippen MR) is 195 cm³/mol. The second-order valence-corrected chi connectivity index (χ2v) is 14.6. The van der Waals surface area contributed by atoms with Gasteiger partial charge >= 0.3 is 11.9 Å². The first-order chi connectivity index (χ1) is 28.8. The van der Waals surface area contributed by atoms with E-state index in [1.165, 1.54) is 0 Å². The number of carbonyl (C=O) groups excluding carboxylic acids is 10. The van der Waals surface area contributed by atoms with E-state index < -0.39 is 59.2 Å². The zero-order chi connectivity index (χ0) is 42.6. The van der Waals surface area contributed by atoms with E-state index in [1.807, 2.05) is 24.3 Å². The van der Waals surface area contributed by atoms with Crippen LogP contribution in [0.3, 0.4) is 0 Å². The Balaban J connectivity index is 0.000000133. The van der Waals surface area contributed by atoms with Gasteiger partial charge in [-0.25, -0.2) is 0 Å². The number of furan rings is 1. The monoisotopic (exact) mass is 831 g/mol. The molecule has 0 spiro atoms. The number of nitrogens with zero attached hydrogens (tertiary/aromatic N) is 4. The lowest BCUT2D eigenvalue weighted by Gasteiger charge is -2.24. The Morgan fingerprint density at radius 3 is 0.967 bits per heavy atom. The van der Waals surface area contributed by atoms with Gasteiger partial charge in [0.15, 0.2) is 0 Å². The van der Waals surface area contributed by atoms with Crippen LogP contribution in [0.4, 0.5) is 0 Å². The van der Waals surface area contributed by atoms with Gasteiger partial charge in [-0.05, 0) is 12.1 Å². The van der Waals surface area contributed by atoms with E-state index in [1.54, 1.807) is 36.8 Å². The third-order valence-corrected chi connectivity index (χ3v) is 11.4. The number of amides is 8. The van der Waals surface area contributed by atoms with Crippen LogP contribution >= 0.6 is 0 Å². The number of likely N-dealkylation sites (tertiary alicyclic amines) is 2. The summed E-state index contributed by atoms with van der Waals surface area (Å²) in [6.45, 7) is -0.371. The molecule has 1 aromatic rings. The molecule has 6 bridgehead atoms. The first-order valence-corrected chi connectivity index (χ1v) is 18.8.